The van der Waals surface area contributed by atoms with Gasteiger partial charge in [0.2, 0.25) is 5.95 Å². The van der Waals surface area contributed by atoms with Gasteiger partial charge in [0.05, 0.1) is 13.2 Å². The largest absolute Gasteiger partial charge is 0.406 e. The van der Waals surface area contributed by atoms with E-state index >= 15 is 0 Å². The van der Waals surface area contributed by atoms with Gasteiger partial charge in [0.25, 0.3) is 0 Å². The number of nitrogens with zero attached hydrogens (tertiary/aromatic N) is 4. The van der Waals surface area contributed by atoms with Crippen molar-refractivity contribution >= 4 is 17.7 Å². The number of hydrogen-bond acceptors (Lipinski definition) is 5. The van der Waals surface area contributed by atoms with Crippen molar-refractivity contribution in [1.29, 1.82) is 0 Å². The van der Waals surface area contributed by atoms with Crippen LogP contribution in [0.1, 0.15) is 22.3 Å². The van der Waals surface area contributed by atoms with E-state index in [4.69, 9.17) is 4.74 Å². The average molecular weight is 400 g/mol. The highest BCUT2D eigenvalue weighted by atomic mass is 32.2. The minimum atomic E-state index is -4.34. The van der Waals surface area contributed by atoms with E-state index in [0.29, 0.717) is 32.1 Å². The summed E-state index contributed by atoms with van der Waals surface area (Å²) >= 11 is 1.29. The zero-order valence-corrected chi connectivity index (χ0v) is 16.5. The molecule has 0 aliphatic carbocycles. The predicted octanol–water partition coefficient (Wildman–Crippen LogP) is 3.89. The molecule has 0 unspecified atom stereocenters. The van der Waals surface area contributed by atoms with E-state index in [1.807, 2.05) is 20.8 Å². The number of halogens is 3. The Hall–Kier alpha value is -1.74. The van der Waals surface area contributed by atoms with Gasteiger partial charge in [-0.25, -0.2) is 0 Å². The lowest BCUT2D eigenvalue weighted by Crippen LogP contribution is -2.38. The molecule has 3 rings (SSSR count). The number of benzene rings is 1. The van der Waals surface area contributed by atoms with Crippen LogP contribution in [-0.4, -0.2) is 47.2 Å². The molecular weight excluding hydrogens is 377 g/mol. The van der Waals surface area contributed by atoms with Gasteiger partial charge in [0.15, 0.2) is 5.16 Å². The number of alkyl halides is 3. The van der Waals surface area contributed by atoms with Gasteiger partial charge in [0.1, 0.15) is 6.54 Å². The summed E-state index contributed by atoms with van der Waals surface area (Å²) in [6.45, 7) is 6.96. The van der Waals surface area contributed by atoms with Gasteiger partial charge < -0.3 is 9.64 Å². The molecule has 5 nitrogen and oxygen atoms in total. The smallest absolute Gasteiger partial charge is 0.378 e. The number of thioether (sulfide) groups is 1. The lowest BCUT2D eigenvalue weighted by atomic mass is 10.0. The van der Waals surface area contributed by atoms with Crippen LogP contribution in [0.15, 0.2) is 17.3 Å². The van der Waals surface area contributed by atoms with E-state index in [-0.39, 0.29) is 11.1 Å². The zero-order chi connectivity index (χ0) is 19.6. The standard InChI is InChI=1S/C18H23F3N4OS/c1-12-8-13(2)15(14(3)9-12)10-27-17-23-22-16(24-4-6-26-7-5-24)25(17)11-18(19,20)21/h8-9H,4-7,10-11H2,1-3H3. The lowest BCUT2D eigenvalue weighted by Gasteiger charge is -2.28. The highest BCUT2D eigenvalue weighted by Crippen LogP contribution is 2.31. The molecule has 27 heavy (non-hydrogen) atoms. The Bertz CT molecular complexity index is 777. The van der Waals surface area contributed by atoms with Crippen molar-refractivity contribution in [2.45, 2.75) is 44.4 Å². The first kappa shape index (κ1) is 20.0. The van der Waals surface area contributed by atoms with Gasteiger partial charge in [-0.1, -0.05) is 29.5 Å². The summed E-state index contributed by atoms with van der Waals surface area (Å²) in [5.41, 5.74) is 4.57. The molecule has 1 aromatic carbocycles. The monoisotopic (exact) mass is 400 g/mol. The minimum absolute atomic E-state index is 0.260. The Balaban J connectivity index is 1.85. The molecule has 0 amide bonds. The zero-order valence-electron chi connectivity index (χ0n) is 15.6. The molecule has 2 heterocycles. The Morgan fingerprint density at radius 3 is 2.30 bits per heavy atom. The number of anilines is 1. The number of morpholine rings is 1. The Labute approximate surface area is 160 Å². The number of rotatable bonds is 5. The first-order chi connectivity index (χ1) is 12.7. The van der Waals surface area contributed by atoms with Gasteiger partial charge in [-0.3, -0.25) is 4.57 Å². The Morgan fingerprint density at radius 1 is 1.07 bits per heavy atom. The van der Waals surface area contributed by atoms with Crippen LogP contribution in [0.2, 0.25) is 0 Å². The van der Waals surface area contributed by atoms with Crippen molar-refractivity contribution in [3.8, 4) is 0 Å². The predicted molar refractivity (Wildman–Crippen MR) is 99.3 cm³/mol. The first-order valence-corrected chi connectivity index (χ1v) is 9.75. The second kappa shape index (κ2) is 8.10. The van der Waals surface area contributed by atoms with Crippen molar-refractivity contribution in [2.75, 3.05) is 31.2 Å². The third-order valence-electron chi connectivity index (χ3n) is 4.51. The number of hydrogen-bond donors (Lipinski definition) is 0. The number of aromatic nitrogens is 3. The minimum Gasteiger partial charge on any atom is -0.378 e. The highest BCUT2D eigenvalue weighted by Gasteiger charge is 2.32. The van der Waals surface area contributed by atoms with Crippen LogP contribution < -0.4 is 4.90 Å². The molecule has 0 N–H and O–H groups in total. The number of ether oxygens (including phenoxy) is 1. The quantitative estimate of drug-likeness (QED) is 0.713. The molecule has 0 radical (unpaired) electrons. The summed E-state index contributed by atoms with van der Waals surface area (Å²) in [5.74, 6) is 0.812. The average Bonchev–Trinajstić information content (AvgIpc) is 2.95. The van der Waals surface area contributed by atoms with Crippen molar-refractivity contribution in [3.05, 3.63) is 34.4 Å². The topological polar surface area (TPSA) is 43.2 Å². The van der Waals surface area contributed by atoms with Crippen molar-refractivity contribution in [1.82, 2.24) is 14.8 Å². The van der Waals surface area contributed by atoms with Crippen LogP contribution in [-0.2, 0) is 17.0 Å². The van der Waals surface area contributed by atoms with E-state index in [2.05, 4.69) is 22.3 Å². The fraction of sp³-hybridized carbons (Fsp3) is 0.556. The Morgan fingerprint density at radius 2 is 1.70 bits per heavy atom. The van der Waals surface area contributed by atoms with Gasteiger partial charge in [-0.15, -0.1) is 10.2 Å². The Kier molecular flexibility index (Phi) is 6.00. The van der Waals surface area contributed by atoms with Crippen LogP contribution >= 0.6 is 11.8 Å². The van der Waals surface area contributed by atoms with Gasteiger partial charge in [-0.05, 0) is 37.5 Å². The molecule has 148 valence electrons. The maximum atomic E-state index is 13.2. The molecule has 1 aliphatic heterocycles. The summed E-state index contributed by atoms with van der Waals surface area (Å²) in [6, 6.07) is 4.17. The lowest BCUT2D eigenvalue weighted by molar-refractivity contribution is -0.141. The molecule has 0 saturated carbocycles. The van der Waals surface area contributed by atoms with Crippen LogP contribution in [0.5, 0.6) is 0 Å². The van der Waals surface area contributed by atoms with E-state index < -0.39 is 12.7 Å². The van der Waals surface area contributed by atoms with E-state index in [1.54, 1.807) is 4.90 Å². The summed E-state index contributed by atoms with van der Waals surface area (Å²) in [4.78, 5) is 1.80. The third-order valence-corrected chi connectivity index (χ3v) is 5.51. The SMILES string of the molecule is Cc1cc(C)c(CSc2nnc(N3CCOCC3)n2CC(F)(F)F)c(C)c1. The van der Waals surface area contributed by atoms with Crippen LogP contribution in [0.3, 0.4) is 0 Å². The second-order valence-corrected chi connectivity index (χ2v) is 7.69. The van der Waals surface area contributed by atoms with Crippen LogP contribution in [0, 0.1) is 20.8 Å². The maximum Gasteiger partial charge on any atom is 0.406 e. The van der Waals surface area contributed by atoms with Gasteiger partial charge >= 0.3 is 6.18 Å². The van der Waals surface area contributed by atoms with E-state index in [0.717, 1.165) is 16.7 Å². The van der Waals surface area contributed by atoms with Crippen molar-refractivity contribution in [3.63, 3.8) is 0 Å². The first-order valence-electron chi connectivity index (χ1n) is 8.77. The fourth-order valence-corrected chi connectivity index (χ4v) is 4.41. The summed E-state index contributed by atoms with van der Waals surface area (Å²) in [6.07, 6.45) is -4.34. The van der Waals surface area contributed by atoms with Crippen LogP contribution in [0.25, 0.3) is 0 Å². The molecule has 0 spiro atoms. The normalized spacial score (nSPS) is 15.4. The van der Waals surface area contributed by atoms with Gasteiger partial charge in [-0.2, -0.15) is 13.2 Å². The molecule has 1 aromatic heterocycles. The summed E-state index contributed by atoms with van der Waals surface area (Å²) in [7, 11) is 0. The number of aryl methyl sites for hydroxylation is 3. The van der Waals surface area contributed by atoms with E-state index in [1.165, 1.54) is 21.9 Å². The van der Waals surface area contributed by atoms with Crippen molar-refractivity contribution < 1.29 is 17.9 Å². The summed E-state index contributed by atoms with van der Waals surface area (Å²) < 4.78 is 45.9. The highest BCUT2D eigenvalue weighted by molar-refractivity contribution is 7.98. The van der Waals surface area contributed by atoms with Crippen LogP contribution in [0.4, 0.5) is 19.1 Å². The summed E-state index contributed by atoms with van der Waals surface area (Å²) in [5, 5.41) is 8.40. The van der Waals surface area contributed by atoms with Gasteiger partial charge in [0, 0.05) is 18.8 Å². The molecule has 2 aromatic rings. The molecule has 9 heteroatoms. The van der Waals surface area contributed by atoms with E-state index in [9.17, 15) is 13.2 Å². The molecule has 1 aliphatic rings. The molecule has 0 bridgehead atoms. The second-order valence-electron chi connectivity index (χ2n) is 6.75. The molecule has 1 saturated heterocycles. The molecule has 1 fully saturated rings. The fourth-order valence-electron chi connectivity index (χ4n) is 3.28. The maximum absolute atomic E-state index is 13.2. The third kappa shape index (κ3) is 4.95. The molecular formula is C18H23F3N4OS. The molecule has 0 atom stereocenters. The van der Waals surface area contributed by atoms with Crippen molar-refractivity contribution in [2.24, 2.45) is 0 Å².